The van der Waals surface area contributed by atoms with Gasteiger partial charge in [-0.05, 0) is 36.6 Å². The van der Waals surface area contributed by atoms with Crippen LogP contribution in [0.25, 0.3) is 0 Å². The molecule has 8 heteroatoms. The van der Waals surface area contributed by atoms with E-state index < -0.39 is 0 Å². The monoisotopic (exact) mass is 491 g/mol. The number of nitrogens with zero attached hydrogens (tertiary/aromatic N) is 3. The fourth-order valence-electron chi connectivity index (χ4n) is 4.90. The summed E-state index contributed by atoms with van der Waals surface area (Å²) in [7, 11) is 0. The summed E-state index contributed by atoms with van der Waals surface area (Å²) in [6.45, 7) is 9.21. The molecule has 1 saturated carbocycles. The minimum Gasteiger partial charge on any atom is -0.379 e. The van der Waals surface area contributed by atoms with Gasteiger partial charge in [0, 0.05) is 76.2 Å². The molecule has 0 radical (unpaired) electrons. The molecule has 2 aromatic rings. The van der Waals surface area contributed by atoms with Crippen molar-refractivity contribution >= 4 is 23.2 Å². The first-order valence-electron chi connectivity index (χ1n) is 13.2. The number of morpholine rings is 1. The van der Waals surface area contributed by atoms with E-state index in [1.165, 1.54) is 5.56 Å². The predicted octanol–water partition coefficient (Wildman–Crippen LogP) is 2.42. The Hall–Kier alpha value is -2.94. The molecule has 8 nitrogen and oxygen atoms in total. The maximum atomic E-state index is 13.3. The summed E-state index contributed by atoms with van der Waals surface area (Å²) < 4.78 is 5.41. The van der Waals surface area contributed by atoms with Crippen molar-refractivity contribution in [3.8, 4) is 0 Å². The Morgan fingerprint density at radius 3 is 2.36 bits per heavy atom. The van der Waals surface area contributed by atoms with Gasteiger partial charge in [0.05, 0.1) is 18.8 Å². The van der Waals surface area contributed by atoms with Gasteiger partial charge in [-0.2, -0.15) is 0 Å². The minimum atomic E-state index is -0.0903. The number of hydrogen-bond donors (Lipinski definition) is 2. The molecule has 192 valence electrons. The van der Waals surface area contributed by atoms with E-state index in [2.05, 4.69) is 49.6 Å². The second kappa shape index (κ2) is 11.9. The molecule has 3 aliphatic rings. The first-order valence-corrected chi connectivity index (χ1v) is 13.2. The topological polar surface area (TPSA) is 77.2 Å². The average molecular weight is 492 g/mol. The maximum Gasteiger partial charge on any atom is 0.253 e. The third-order valence-electron chi connectivity index (χ3n) is 7.24. The lowest BCUT2D eigenvalue weighted by Gasteiger charge is -2.37. The predicted molar refractivity (Wildman–Crippen MR) is 141 cm³/mol. The van der Waals surface area contributed by atoms with Crippen molar-refractivity contribution in [2.24, 2.45) is 5.92 Å². The Morgan fingerprint density at radius 2 is 1.64 bits per heavy atom. The van der Waals surface area contributed by atoms with Gasteiger partial charge in [0.25, 0.3) is 5.91 Å². The summed E-state index contributed by atoms with van der Waals surface area (Å²) in [5, 5.41) is 6.12. The molecule has 2 aromatic carbocycles. The van der Waals surface area contributed by atoms with E-state index in [4.69, 9.17) is 4.74 Å². The van der Waals surface area contributed by atoms with Crippen molar-refractivity contribution < 1.29 is 14.3 Å². The highest BCUT2D eigenvalue weighted by molar-refractivity contribution is 6.02. The summed E-state index contributed by atoms with van der Waals surface area (Å²) in [5.41, 5.74) is 3.57. The second-order valence-electron chi connectivity index (χ2n) is 9.95. The van der Waals surface area contributed by atoms with E-state index in [0.29, 0.717) is 17.8 Å². The second-order valence-corrected chi connectivity index (χ2v) is 9.95. The summed E-state index contributed by atoms with van der Waals surface area (Å²) in [6, 6.07) is 16.3. The van der Waals surface area contributed by atoms with Crippen LogP contribution in [0.3, 0.4) is 0 Å². The van der Waals surface area contributed by atoms with Crippen molar-refractivity contribution in [2.75, 3.05) is 75.8 Å². The number of rotatable bonds is 9. The molecule has 2 heterocycles. The van der Waals surface area contributed by atoms with E-state index in [9.17, 15) is 9.59 Å². The third-order valence-corrected chi connectivity index (χ3v) is 7.24. The van der Waals surface area contributed by atoms with Gasteiger partial charge >= 0.3 is 0 Å². The van der Waals surface area contributed by atoms with E-state index in [1.807, 2.05) is 24.3 Å². The lowest BCUT2D eigenvalue weighted by molar-refractivity contribution is -0.117. The number of amides is 2. The largest absolute Gasteiger partial charge is 0.379 e. The molecule has 0 unspecified atom stereocenters. The number of piperazine rings is 1. The molecular weight excluding hydrogens is 454 g/mol. The number of benzene rings is 2. The van der Waals surface area contributed by atoms with Crippen LogP contribution in [0.2, 0.25) is 0 Å². The van der Waals surface area contributed by atoms with Crippen LogP contribution in [0, 0.1) is 5.92 Å². The molecule has 2 N–H and O–H groups in total. The summed E-state index contributed by atoms with van der Waals surface area (Å²) in [5.74, 6) is 0.0802. The van der Waals surface area contributed by atoms with Gasteiger partial charge in [-0.3, -0.25) is 19.4 Å². The highest BCUT2D eigenvalue weighted by Crippen LogP contribution is 2.31. The Labute approximate surface area is 213 Å². The lowest BCUT2D eigenvalue weighted by Crippen LogP contribution is -2.46. The average Bonchev–Trinajstić information content (AvgIpc) is 3.76. The van der Waals surface area contributed by atoms with Crippen molar-refractivity contribution in [2.45, 2.75) is 19.4 Å². The van der Waals surface area contributed by atoms with Crippen LogP contribution < -0.4 is 15.5 Å². The molecule has 0 bridgehead atoms. The number of carbonyl (C=O) groups excluding carboxylic acids is 2. The fraction of sp³-hybridized carbons (Fsp3) is 0.500. The summed E-state index contributed by atoms with van der Waals surface area (Å²) in [6.07, 6.45) is 1.90. The normalized spacial score (nSPS) is 19.2. The number of nitrogens with one attached hydrogen (secondary N) is 2. The highest BCUT2D eigenvalue weighted by Gasteiger charge is 2.30. The first-order chi connectivity index (χ1) is 17.7. The molecular formula is C28H37N5O3. The zero-order valence-corrected chi connectivity index (χ0v) is 21.0. The van der Waals surface area contributed by atoms with Crippen LogP contribution >= 0.6 is 0 Å². The van der Waals surface area contributed by atoms with Gasteiger partial charge < -0.3 is 20.3 Å². The van der Waals surface area contributed by atoms with E-state index in [0.717, 1.165) is 84.1 Å². The first kappa shape index (κ1) is 24.7. The summed E-state index contributed by atoms with van der Waals surface area (Å²) in [4.78, 5) is 32.7. The SMILES string of the molecule is O=C(NCCN1CCOCC1)c1cc(NC(=O)C2CC2)ccc1N1CCN(Cc2ccccc2)CC1. The molecule has 2 amide bonds. The van der Waals surface area contributed by atoms with Crippen molar-refractivity contribution in [1.82, 2.24) is 15.1 Å². The van der Waals surface area contributed by atoms with Crippen LogP contribution in [0.15, 0.2) is 48.5 Å². The zero-order valence-electron chi connectivity index (χ0n) is 21.0. The van der Waals surface area contributed by atoms with Crippen LogP contribution in [0.1, 0.15) is 28.8 Å². The maximum absolute atomic E-state index is 13.3. The van der Waals surface area contributed by atoms with Crippen LogP contribution in [0.4, 0.5) is 11.4 Å². The Morgan fingerprint density at radius 1 is 0.889 bits per heavy atom. The lowest BCUT2D eigenvalue weighted by atomic mass is 10.1. The quantitative estimate of drug-likeness (QED) is 0.561. The van der Waals surface area contributed by atoms with Crippen molar-refractivity contribution in [3.05, 3.63) is 59.7 Å². The van der Waals surface area contributed by atoms with Crippen LogP contribution in [0.5, 0.6) is 0 Å². The molecule has 2 saturated heterocycles. The van der Waals surface area contributed by atoms with Gasteiger partial charge in [-0.15, -0.1) is 0 Å². The Bertz CT molecular complexity index is 1030. The zero-order chi connectivity index (χ0) is 24.7. The molecule has 5 rings (SSSR count). The molecule has 0 atom stereocenters. The molecule has 3 fully saturated rings. The molecule has 2 aliphatic heterocycles. The molecule has 0 aromatic heterocycles. The Kier molecular flexibility index (Phi) is 8.15. The van der Waals surface area contributed by atoms with Crippen LogP contribution in [-0.4, -0.2) is 87.2 Å². The van der Waals surface area contributed by atoms with Crippen molar-refractivity contribution in [3.63, 3.8) is 0 Å². The fourth-order valence-corrected chi connectivity index (χ4v) is 4.90. The van der Waals surface area contributed by atoms with Gasteiger partial charge in [0.1, 0.15) is 0 Å². The summed E-state index contributed by atoms with van der Waals surface area (Å²) >= 11 is 0. The van der Waals surface area contributed by atoms with Gasteiger partial charge in [-0.1, -0.05) is 30.3 Å². The van der Waals surface area contributed by atoms with Crippen molar-refractivity contribution in [1.29, 1.82) is 0 Å². The standard InChI is InChI=1S/C28H37N5O3/c34-27(23-6-7-23)30-24-8-9-26(25(20-24)28(35)29-10-11-31-16-18-36-19-17-31)33-14-12-32(13-15-33)21-22-4-2-1-3-5-22/h1-5,8-9,20,23H,6-7,10-19,21H2,(H,29,35)(H,30,34). The van der Waals surface area contributed by atoms with Gasteiger partial charge in [-0.25, -0.2) is 0 Å². The third kappa shape index (κ3) is 6.63. The van der Waals surface area contributed by atoms with E-state index in [-0.39, 0.29) is 17.7 Å². The number of anilines is 2. The number of ether oxygens (including phenoxy) is 1. The van der Waals surface area contributed by atoms with Gasteiger partial charge in [0.2, 0.25) is 5.91 Å². The van der Waals surface area contributed by atoms with E-state index in [1.54, 1.807) is 0 Å². The minimum absolute atomic E-state index is 0.0518. The molecule has 36 heavy (non-hydrogen) atoms. The molecule has 1 aliphatic carbocycles. The van der Waals surface area contributed by atoms with Gasteiger partial charge in [0.15, 0.2) is 0 Å². The van der Waals surface area contributed by atoms with Crippen LogP contribution in [-0.2, 0) is 16.1 Å². The number of carbonyl (C=O) groups is 2. The molecule has 0 spiro atoms. The highest BCUT2D eigenvalue weighted by atomic mass is 16.5. The number of hydrogen-bond acceptors (Lipinski definition) is 6. The smallest absolute Gasteiger partial charge is 0.253 e. The van der Waals surface area contributed by atoms with E-state index >= 15 is 0 Å². The Balaban J connectivity index is 1.24.